The lowest BCUT2D eigenvalue weighted by Gasteiger charge is -1.96. The van der Waals surface area contributed by atoms with Crippen LogP contribution in [0.25, 0.3) is 11.6 Å². The average molecular weight is 288 g/mol. The number of benzene rings is 1. The van der Waals surface area contributed by atoms with E-state index in [-0.39, 0.29) is 5.78 Å². The van der Waals surface area contributed by atoms with E-state index in [0.717, 1.165) is 40.2 Å². The van der Waals surface area contributed by atoms with E-state index in [9.17, 15) is 4.79 Å². The molecule has 0 saturated carbocycles. The Bertz CT molecular complexity index is 918. The number of carbonyl (C=O) groups is 1. The molecule has 0 N–H and O–H groups in total. The summed E-state index contributed by atoms with van der Waals surface area (Å²) in [7, 11) is 0. The van der Waals surface area contributed by atoms with Crippen LogP contribution in [0.4, 0.5) is 0 Å². The van der Waals surface area contributed by atoms with Crippen LogP contribution < -0.4 is 0 Å². The van der Waals surface area contributed by atoms with E-state index in [1.807, 2.05) is 54.7 Å². The molecule has 1 aliphatic carbocycles. The zero-order valence-electron chi connectivity index (χ0n) is 12.4. The molecule has 0 fully saturated rings. The number of hydrogen-bond acceptors (Lipinski definition) is 2. The number of allylic oxidation sites excluding steroid dienone is 1. The van der Waals surface area contributed by atoms with E-state index in [2.05, 4.69) is 11.3 Å². The van der Waals surface area contributed by atoms with Crippen LogP contribution in [-0.2, 0) is 12.8 Å². The van der Waals surface area contributed by atoms with Crippen molar-refractivity contribution < 1.29 is 4.79 Å². The third-order valence-electron chi connectivity index (χ3n) is 4.21. The lowest BCUT2D eigenvalue weighted by Crippen LogP contribution is -1.95. The van der Waals surface area contributed by atoms with Gasteiger partial charge in [-0.25, -0.2) is 4.98 Å². The summed E-state index contributed by atoms with van der Waals surface area (Å²) in [6.07, 6.45) is 5.54. The zero-order chi connectivity index (χ0) is 15.1. The summed E-state index contributed by atoms with van der Waals surface area (Å²) >= 11 is 0. The van der Waals surface area contributed by atoms with Gasteiger partial charge in [0.25, 0.3) is 0 Å². The van der Waals surface area contributed by atoms with Crippen molar-refractivity contribution in [2.45, 2.75) is 19.8 Å². The van der Waals surface area contributed by atoms with Crippen LogP contribution in [0, 0.1) is 0 Å². The number of aromatic nitrogens is 2. The number of Topliss-reactive ketones (excluding diaryl/α,β-unsaturated/α-hetero) is 1. The smallest absolute Gasteiger partial charge is 0.189 e. The molecule has 0 bridgehead atoms. The molecule has 1 aliphatic rings. The van der Waals surface area contributed by atoms with Gasteiger partial charge in [-0.15, -0.1) is 0 Å². The first kappa shape index (κ1) is 13.0. The number of ketones is 1. The van der Waals surface area contributed by atoms with E-state index in [1.165, 1.54) is 0 Å². The zero-order valence-corrected chi connectivity index (χ0v) is 12.4. The first-order valence-electron chi connectivity index (χ1n) is 7.57. The molecule has 0 saturated heterocycles. The van der Waals surface area contributed by atoms with Gasteiger partial charge in [-0.2, -0.15) is 0 Å². The normalized spacial score (nSPS) is 15.7. The van der Waals surface area contributed by atoms with Crippen molar-refractivity contribution in [3.63, 3.8) is 0 Å². The number of pyridine rings is 1. The van der Waals surface area contributed by atoms with Crippen molar-refractivity contribution in [3.05, 3.63) is 76.9 Å². The number of carbonyl (C=O) groups excluding carboxylic acids is 1. The quantitative estimate of drug-likeness (QED) is 0.674. The van der Waals surface area contributed by atoms with Crippen LogP contribution >= 0.6 is 0 Å². The summed E-state index contributed by atoms with van der Waals surface area (Å²) in [4.78, 5) is 17.2. The Hall–Kier alpha value is -2.68. The summed E-state index contributed by atoms with van der Waals surface area (Å²) in [5, 5.41) is 0. The lowest BCUT2D eigenvalue weighted by atomic mass is 10.1. The second-order valence-electron chi connectivity index (χ2n) is 5.56. The van der Waals surface area contributed by atoms with E-state index in [1.54, 1.807) is 0 Å². The maximum absolute atomic E-state index is 12.5. The first-order valence-corrected chi connectivity index (χ1v) is 7.57. The van der Waals surface area contributed by atoms with Gasteiger partial charge in [0.1, 0.15) is 5.82 Å². The molecule has 0 unspecified atom stereocenters. The monoisotopic (exact) mass is 288 g/mol. The molecule has 3 aromatic rings. The number of hydrogen-bond donors (Lipinski definition) is 0. The third-order valence-corrected chi connectivity index (χ3v) is 4.21. The molecule has 0 radical (unpaired) electrons. The van der Waals surface area contributed by atoms with Crippen LogP contribution in [0.2, 0.25) is 0 Å². The number of imidazole rings is 1. The Balaban J connectivity index is 1.84. The van der Waals surface area contributed by atoms with Crippen LogP contribution in [0.5, 0.6) is 0 Å². The highest BCUT2D eigenvalue weighted by Crippen LogP contribution is 2.28. The molecule has 4 rings (SSSR count). The predicted molar refractivity (Wildman–Crippen MR) is 87.0 cm³/mol. The molecular formula is C19H16N2O. The SMILES string of the molecule is CCc1nc(/C=C2/Cc3ccccc3C2=O)c2ccccn12. The summed E-state index contributed by atoms with van der Waals surface area (Å²) in [6.45, 7) is 2.09. The fraction of sp³-hybridized carbons (Fsp3) is 0.158. The fourth-order valence-corrected chi connectivity index (χ4v) is 3.12. The van der Waals surface area contributed by atoms with Crippen LogP contribution in [0.3, 0.4) is 0 Å². The molecule has 2 aromatic heterocycles. The Morgan fingerprint density at radius 1 is 1.18 bits per heavy atom. The standard InChI is InChI=1S/C19H16N2O/c1-2-18-20-16(17-9-5-6-10-21(17)18)12-14-11-13-7-3-4-8-15(13)19(14)22/h3-10,12H,2,11H2,1H3/b14-12-. The van der Waals surface area contributed by atoms with Gasteiger partial charge in [0.05, 0.1) is 11.2 Å². The molecule has 0 amide bonds. The summed E-state index contributed by atoms with van der Waals surface area (Å²) < 4.78 is 2.10. The molecular weight excluding hydrogens is 272 g/mol. The predicted octanol–water partition coefficient (Wildman–Crippen LogP) is 3.72. The molecule has 22 heavy (non-hydrogen) atoms. The molecule has 2 heterocycles. The minimum Gasteiger partial charge on any atom is -0.303 e. The highest BCUT2D eigenvalue weighted by atomic mass is 16.1. The van der Waals surface area contributed by atoms with E-state index < -0.39 is 0 Å². The third kappa shape index (κ3) is 1.90. The first-order chi connectivity index (χ1) is 10.8. The average Bonchev–Trinajstić information content (AvgIpc) is 3.07. The molecule has 108 valence electrons. The van der Waals surface area contributed by atoms with Crippen molar-refractivity contribution in [1.29, 1.82) is 0 Å². The Kier molecular flexibility index (Phi) is 2.93. The van der Waals surface area contributed by atoms with Crippen molar-refractivity contribution in [2.75, 3.05) is 0 Å². The molecule has 3 heteroatoms. The molecule has 0 aliphatic heterocycles. The van der Waals surface area contributed by atoms with Gasteiger partial charge in [0.15, 0.2) is 5.78 Å². The minimum atomic E-state index is 0.130. The van der Waals surface area contributed by atoms with E-state index >= 15 is 0 Å². The molecule has 1 aromatic carbocycles. The minimum absolute atomic E-state index is 0.130. The number of fused-ring (bicyclic) bond motifs is 2. The Morgan fingerprint density at radius 2 is 2.00 bits per heavy atom. The topological polar surface area (TPSA) is 34.4 Å². The highest BCUT2D eigenvalue weighted by molar-refractivity contribution is 6.15. The van der Waals surface area contributed by atoms with Crippen molar-refractivity contribution in [2.24, 2.45) is 0 Å². The van der Waals surface area contributed by atoms with Gasteiger partial charge in [0, 0.05) is 30.2 Å². The second kappa shape index (κ2) is 4.95. The summed E-state index contributed by atoms with van der Waals surface area (Å²) in [5.74, 6) is 1.15. The van der Waals surface area contributed by atoms with Crippen molar-refractivity contribution in [3.8, 4) is 0 Å². The van der Waals surface area contributed by atoms with Gasteiger partial charge in [-0.05, 0) is 23.8 Å². The van der Waals surface area contributed by atoms with Crippen molar-refractivity contribution in [1.82, 2.24) is 9.38 Å². The van der Waals surface area contributed by atoms with Gasteiger partial charge in [-0.3, -0.25) is 4.79 Å². The summed E-state index contributed by atoms with van der Waals surface area (Å²) in [6, 6.07) is 13.9. The lowest BCUT2D eigenvalue weighted by molar-refractivity contribution is 0.104. The second-order valence-corrected chi connectivity index (χ2v) is 5.56. The number of aryl methyl sites for hydroxylation is 1. The fourth-order valence-electron chi connectivity index (χ4n) is 3.12. The number of rotatable bonds is 2. The number of nitrogens with zero attached hydrogens (tertiary/aromatic N) is 2. The molecule has 3 nitrogen and oxygen atoms in total. The van der Waals surface area contributed by atoms with Crippen molar-refractivity contribution >= 4 is 17.4 Å². The largest absolute Gasteiger partial charge is 0.303 e. The van der Waals surface area contributed by atoms with Gasteiger partial charge < -0.3 is 4.40 Å². The van der Waals surface area contributed by atoms with Crippen LogP contribution in [-0.4, -0.2) is 15.2 Å². The van der Waals surface area contributed by atoms with Crippen LogP contribution in [0.15, 0.2) is 54.2 Å². The van der Waals surface area contributed by atoms with Gasteiger partial charge in [-0.1, -0.05) is 37.3 Å². The maximum atomic E-state index is 12.5. The van der Waals surface area contributed by atoms with E-state index in [0.29, 0.717) is 6.42 Å². The van der Waals surface area contributed by atoms with E-state index in [4.69, 9.17) is 4.98 Å². The molecule has 0 spiro atoms. The maximum Gasteiger partial charge on any atom is 0.189 e. The Labute approximate surface area is 128 Å². The molecule has 0 atom stereocenters. The van der Waals surface area contributed by atoms with Gasteiger partial charge >= 0.3 is 0 Å². The Morgan fingerprint density at radius 3 is 2.82 bits per heavy atom. The van der Waals surface area contributed by atoms with Crippen LogP contribution in [0.1, 0.15) is 34.4 Å². The summed E-state index contributed by atoms with van der Waals surface area (Å²) in [5.41, 5.74) is 4.70. The van der Waals surface area contributed by atoms with Gasteiger partial charge in [0.2, 0.25) is 0 Å². The highest BCUT2D eigenvalue weighted by Gasteiger charge is 2.24.